The van der Waals surface area contributed by atoms with E-state index in [1.54, 1.807) is 14.0 Å². The summed E-state index contributed by atoms with van der Waals surface area (Å²) in [6.45, 7) is 6.10. The standard InChI is InChI=1S/C10H22N2O3S/c1-5-16(14,15)7-6-12-8-10(2,3)9(13)11-4/h12H,5-8H2,1-4H3,(H,11,13). The highest BCUT2D eigenvalue weighted by atomic mass is 32.2. The fourth-order valence-electron chi connectivity index (χ4n) is 1.19. The first-order chi connectivity index (χ1) is 7.25. The molecule has 0 aromatic carbocycles. The van der Waals surface area contributed by atoms with E-state index in [4.69, 9.17) is 0 Å². The van der Waals surface area contributed by atoms with Crippen molar-refractivity contribution in [1.82, 2.24) is 10.6 Å². The molecular formula is C10H22N2O3S. The molecule has 0 saturated carbocycles. The van der Waals surface area contributed by atoms with Crippen molar-refractivity contribution in [3.8, 4) is 0 Å². The Kier molecular flexibility index (Phi) is 5.96. The SMILES string of the molecule is CCS(=O)(=O)CCNCC(C)(C)C(=O)NC. The highest BCUT2D eigenvalue weighted by molar-refractivity contribution is 7.91. The number of hydrogen-bond donors (Lipinski definition) is 2. The van der Waals surface area contributed by atoms with E-state index >= 15 is 0 Å². The fraction of sp³-hybridized carbons (Fsp3) is 0.900. The normalized spacial score (nSPS) is 12.5. The Hall–Kier alpha value is -0.620. The quantitative estimate of drug-likeness (QED) is 0.613. The van der Waals surface area contributed by atoms with Crippen LogP contribution in [0.15, 0.2) is 0 Å². The van der Waals surface area contributed by atoms with Crippen molar-refractivity contribution in [3.05, 3.63) is 0 Å². The Morgan fingerprint density at radius 1 is 1.31 bits per heavy atom. The minimum atomic E-state index is -2.93. The first-order valence-electron chi connectivity index (χ1n) is 5.38. The van der Waals surface area contributed by atoms with E-state index in [2.05, 4.69) is 10.6 Å². The van der Waals surface area contributed by atoms with E-state index in [0.29, 0.717) is 13.1 Å². The van der Waals surface area contributed by atoms with Crippen LogP contribution in [0.1, 0.15) is 20.8 Å². The summed E-state index contributed by atoms with van der Waals surface area (Å²) in [6.07, 6.45) is 0. The van der Waals surface area contributed by atoms with Gasteiger partial charge in [0.2, 0.25) is 5.91 Å². The third kappa shape index (κ3) is 5.46. The number of rotatable bonds is 7. The molecule has 0 atom stereocenters. The van der Waals surface area contributed by atoms with Crippen molar-refractivity contribution in [1.29, 1.82) is 0 Å². The summed E-state index contributed by atoms with van der Waals surface area (Å²) in [7, 11) is -1.34. The lowest BCUT2D eigenvalue weighted by Gasteiger charge is -2.22. The average Bonchev–Trinajstić information content (AvgIpc) is 2.23. The molecule has 0 aromatic rings. The van der Waals surface area contributed by atoms with Gasteiger partial charge in [-0.1, -0.05) is 6.92 Å². The average molecular weight is 250 g/mol. The van der Waals surface area contributed by atoms with Gasteiger partial charge in [-0.15, -0.1) is 0 Å². The molecule has 16 heavy (non-hydrogen) atoms. The summed E-state index contributed by atoms with van der Waals surface area (Å²) in [5.74, 6) is 0.222. The monoisotopic (exact) mass is 250 g/mol. The molecule has 1 amide bonds. The van der Waals surface area contributed by atoms with Crippen LogP contribution in [0.4, 0.5) is 0 Å². The number of sulfone groups is 1. The number of hydrogen-bond acceptors (Lipinski definition) is 4. The van der Waals surface area contributed by atoms with Gasteiger partial charge in [0.15, 0.2) is 9.84 Å². The van der Waals surface area contributed by atoms with Crippen LogP contribution in [0.3, 0.4) is 0 Å². The van der Waals surface area contributed by atoms with E-state index in [9.17, 15) is 13.2 Å². The van der Waals surface area contributed by atoms with Gasteiger partial charge in [-0.3, -0.25) is 4.79 Å². The van der Waals surface area contributed by atoms with Crippen molar-refractivity contribution in [2.45, 2.75) is 20.8 Å². The lowest BCUT2D eigenvalue weighted by Crippen LogP contribution is -2.43. The lowest BCUT2D eigenvalue weighted by molar-refractivity contribution is -0.128. The predicted octanol–water partition coefficient (Wildman–Crippen LogP) is -0.217. The van der Waals surface area contributed by atoms with E-state index in [0.717, 1.165) is 0 Å². The zero-order chi connectivity index (χ0) is 12.8. The molecule has 0 aliphatic heterocycles. The van der Waals surface area contributed by atoms with Crippen molar-refractivity contribution in [3.63, 3.8) is 0 Å². The summed E-state index contributed by atoms with van der Waals surface area (Å²) in [5.41, 5.74) is -0.523. The Labute approximate surface area is 97.9 Å². The van der Waals surface area contributed by atoms with Crippen LogP contribution in [-0.4, -0.2) is 46.0 Å². The van der Waals surface area contributed by atoms with Gasteiger partial charge in [0.25, 0.3) is 0 Å². The first-order valence-corrected chi connectivity index (χ1v) is 7.20. The number of carbonyl (C=O) groups excluding carboxylic acids is 1. The summed E-state index contributed by atoms with van der Waals surface area (Å²) in [5, 5.41) is 5.57. The smallest absolute Gasteiger partial charge is 0.226 e. The van der Waals surface area contributed by atoms with Crippen LogP contribution >= 0.6 is 0 Å². The third-order valence-corrected chi connectivity index (χ3v) is 4.14. The summed E-state index contributed by atoms with van der Waals surface area (Å²) in [4.78, 5) is 11.4. The van der Waals surface area contributed by atoms with Gasteiger partial charge in [0.1, 0.15) is 0 Å². The molecule has 0 bridgehead atoms. The zero-order valence-electron chi connectivity index (χ0n) is 10.5. The molecule has 2 N–H and O–H groups in total. The molecule has 0 aliphatic carbocycles. The molecule has 0 rings (SSSR count). The molecule has 6 heteroatoms. The summed E-state index contributed by atoms with van der Waals surface area (Å²) < 4.78 is 22.4. The highest BCUT2D eigenvalue weighted by Crippen LogP contribution is 2.12. The molecule has 96 valence electrons. The number of nitrogens with one attached hydrogen (secondary N) is 2. The second kappa shape index (κ2) is 6.20. The van der Waals surface area contributed by atoms with E-state index in [-0.39, 0.29) is 17.4 Å². The van der Waals surface area contributed by atoms with Crippen LogP contribution in [0.25, 0.3) is 0 Å². The molecule has 0 radical (unpaired) electrons. The number of amides is 1. The van der Waals surface area contributed by atoms with E-state index in [1.165, 1.54) is 0 Å². The Bertz CT molecular complexity index is 323. The van der Waals surface area contributed by atoms with E-state index < -0.39 is 15.3 Å². The molecule has 0 spiro atoms. The van der Waals surface area contributed by atoms with Gasteiger partial charge < -0.3 is 10.6 Å². The van der Waals surface area contributed by atoms with Crippen molar-refractivity contribution in [2.75, 3.05) is 31.6 Å². The summed E-state index contributed by atoms with van der Waals surface area (Å²) >= 11 is 0. The predicted molar refractivity (Wildman–Crippen MR) is 65.0 cm³/mol. The first kappa shape index (κ1) is 15.4. The van der Waals surface area contributed by atoms with Crippen LogP contribution in [0.5, 0.6) is 0 Å². The molecule has 0 heterocycles. The maximum Gasteiger partial charge on any atom is 0.226 e. The molecule has 0 aromatic heterocycles. The molecule has 0 fully saturated rings. The van der Waals surface area contributed by atoms with Crippen LogP contribution in [0, 0.1) is 5.41 Å². The van der Waals surface area contributed by atoms with Gasteiger partial charge in [0.05, 0.1) is 11.2 Å². The minimum Gasteiger partial charge on any atom is -0.359 e. The van der Waals surface area contributed by atoms with Gasteiger partial charge in [-0.2, -0.15) is 0 Å². The van der Waals surface area contributed by atoms with Crippen LogP contribution in [0.2, 0.25) is 0 Å². The van der Waals surface area contributed by atoms with Gasteiger partial charge in [-0.05, 0) is 13.8 Å². The zero-order valence-corrected chi connectivity index (χ0v) is 11.3. The maximum atomic E-state index is 11.4. The highest BCUT2D eigenvalue weighted by Gasteiger charge is 2.25. The van der Waals surface area contributed by atoms with E-state index in [1.807, 2.05) is 13.8 Å². The largest absolute Gasteiger partial charge is 0.359 e. The van der Waals surface area contributed by atoms with Crippen LogP contribution in [-0.2, 0) is 14.6 Å². The van der Waals surface area contributed by atoms with Gasteiger partial charge in [-0.25, -0.2) is 8.42 Å². The molecule has 0 unspecified atom stereocenters. The molecule has 0 saturated heterocycles. The second-order valence-corrected chi connectivity index (χ2v) is 6.85. The van der Waals surface area contributed by atoms with Gasteiger partial charge in [0, 0.05) is 25.9 Å². The number of carbonyl (C=O) groups is 1. The molecule has 0 aliphatic rings. The molecular weight excluding hydrogens is 228 g/mol. The Balaban J connectivity index is 3.96. The second-order valence-electron chi connectivity index (χ2n) is 4.38. The van der Waals surface area contributed by atoms with Gasteiger partial charge >= 0.3 is 0 Å². The minimum absolute atomic E-state index is 0.0571. The summed E-state index contributed by atoms with van der Waals surface area (Å²) in [6, 6.07) is 0. The molecule has 5 nitrogen and oxygen atoms in total. The van der Waals surface area contributed by atoms with Crippen LogP contribution < -0.4 is 10.6 Å². The van der Waals surface area contributed by atoms with Crippen molar-refractivity contribution >= 4 is 15.7 Å². The fourth-order valence-corrected chi connectivity index (χ4v) is 1.94. The Morgan fingerprint density at radius 2 is 1.88 bits per heavy atom. The third-order valence-electron chi connectivity index (χ3n) is 2.44. The Morgan fingerprint density at radius 3 is 2.31 bits per heavy atom. The topological polar surface area (TPSA) is 75.3 Å². The maximum absolute atomic E-state index is 11.4. The van der Waals surface area contributed by atoms with Crippen molar-refractivity contribution < 1.29 is 13.2 Å². The van der Waals surface area contributed by atoms with Crippen molar-refractivity contribution in [2.24, 2.45) is 5.41 Å². The lowest BCUT2D eigenvalue weighted by atomic mass is 9.92.